The molecule has 0 fully saturated rings. The number of carbonyl (C=O) groups is 1. The Morgan fingerprint density at radius 1 is 1.23 bits per heavy atom. The minimum atomic E-state index is -1.18. The maximum Gasteiger partial charge on any atom is 1.00 e. The van der Waals surface area contributed by atoms with E-state index in [0.717, 1.165) is 16.7 Å². The van der Waals surface area contributed by atoms with Gasteiger partial charge in [0.15, 0.2) is 5.65 Å². The molecular weight excluding hydrogens is 275 g/mol. The van der Waals surface area contributed by atoms with Gasteiger partial charge in [0, 0.05) is 11.8 Å². The van der Waals surface area contributed by atoms with Crippen molar-refractivity contribution >= 4 is 17.6 Å². The van der Waals surface area contributed by atoms with Gasteiger partial charge >= 0.3 is 18.9 Å². The predicted octanol–water partition coefficient (Wildman–Crippen LogP) is -2.04. The van der Waals surface area contributed by atoms with E-state index in [9.17, 15) is 9.90 Å². The third kappa shape index (κ3) is 2.71. The van der Waals surface area contributed by atoms with Gasteiger partial charge in [0.25, 0.3) is 0 Å². The Morgan fingerprint density at radius 2 is 1.95 bits per heavy atom. The quantitative estimate of drug-likeness (QED) is 0.548. The van der Waals surface area contributed by atoms with Crippen LogP contribution in [0.25, 0.3) is 16.8 Å². The molecule has 0 spiro atoms. The SMILES string of the molecule is Cc1cc(C)c(-c2ccn3nc(N)nc3c2)cc1C(=O)[O-].[Li+]. The molecule has 2 aromatic heterocycles. The molecule has 22 heavy (non-hydrogen) atoms. The van der Waals surface area contributed by atoms with Gasteiger partial charge in [-0.1, -0.05) is 6.07 Å². The molecule has 0 aliphatic carbocycles. The standard InChI is InChI=1S/C15H14N4O2.Li/c1-8-5-9(2)12(14(20)21)7-11(8)10-3-4-19-13(6-10)17-15(16)18-19;/h3-7H,1-2H3,(H2,16,18)(H,20,21);/q;+1/p-1. The van der Waals surface area contributed by atoms with Crippen molar-refractivity contribution in [3.05, 3.63) is 47.2 Å². The maximum atomic E-state index is 11.2. The predicted molar refractivity (Wildman–Crippen MR) is 76.6 cm³/mol. The summed E-state index contributed by atoms with van der Waals surface area (Å²) in [7, 11) is 0. The summed E-state index contributed by atoms with van der Waals surface area (Å²) in [6.07, 6.45) is 1.74. The van der Waals surface area contributed by atoms with E-state index in [2.05, 4.69) is 10.1 Å². The van der Waals surface area contributed by atoms with Crippen LogP contribution in [0.2, 0.25) is 0 Å². The van der Waals surface area contributed by atoms with E-state index in [0.29, 0.717) is 11.2 Å². The number of rotatable bonds is 2. The molecule has 3 rings (SSSR count). The molecular formula is C15H13LiN4O2. The summed E-state index contributed by atoms with van der Waals surface area (Å²) in [5, 5.41) is 15.2. The maximum absolute atomic E-state index is 11.2. The van der Waals surface area contributed by atoms with Crippen molar-refractivity contribution in [3.8, 4) is 11.1 Å². The Hall–Kier alpha value is -2.29. The van der Waals surface area contributed by atoms with E-state index >= 15 is 0 Å². The topological polar surface area (TPSA) is 96.3 Å². The van der Waals surface area contributed by atoms with Crippen LogP contribution in [0.3, 0.4) is 0 Å². The average molecular weight is 288 g/mol. The number of nitrogens with zero attached hydrogens (tertiary/aromatic N) is 3. The molecule has 0 radical (unpaired) electrons. The Kier molecular flexibility index (Phi) is 4.27. The van der Waals surface area contributed by atoms with Crippen molar-refractivity contribution in [3.63, 3.8) is 0 Å². The zero-order valence-corrected chi connectivity index (χ0v) is 12.6. The molecule has 3 aromatic rings. The van der Waals surface area contributed by atoms with E-state index in [1.165, 1.54) is 0 Å². The van der Waals surface area contributed by atoms with Crippen molar-refractivity contribution in [2.24, 2.45) is 0 Å². The van der Waals surface area contributed by atoms with Gasteiger partial charge in [-0.05, 0) is 54.3 Å². The molecule has 1 aromatic carbocycles. The van der Waals surface area contributed by atoms with Crippen molar-refractivity contribution < 1.29 is 28.8 Å². The molecule has 2 N–H and O–H groups in total. The Morgan fingerprint density at radius 3 is 2.64 bits per heavy atom. The molecule has 0 aliphatic rings. The number of hydrogen-bond donors (Lipinski definition) is 1. The zero-order valence-electron chi connectivity index (χ0n) is 12.6. The minimum absolute atomic E-state index is 0. The number of aryl methyl sites for hydroxylation is 2. The Balaban J connectivity index is 0.00000176. The molecule has 2 heterocycles. The molecule has 0 saturated carbocycles. The van der Waals surface area contributed by atoms with Crippen LogP contribution < -0.4 is 29.7 Å². The summed E-state index contributed by atoms with van der Waals surface area (Å²) in [5.74, 6) is -0.982. The normalized spacial score (nSPS) is 10.5. The third-order valence-electron chi connectivity index (χ3n) is 3.46. The van der Waals surface area contributed by atoms with Gasteiger partial charge in [0.2, 0.25) is 5.95 Å². The zero-order chi connectivity index (χ0) is 15.1. The van der Waals surface area contributed by atoms with Crippen LogP contribution in [-0.4, -0.2) is 20.6 Å². The first-order valence-corrected chi connectivity index (χ1v) is 6.40. The molecule has 0 unspecified atom stereocenters. The van der Waals surface area contributed by atoms with Crippen LogP contribution in [0.15, 0.2) is 30.5 Å². The average Bonchev–Trinajstić information content (AvgIpc) is 2.77. The number of hydrogen-bond acceptors (Lipinski definition) is 5. The fourth-order valence-electron chi connectivity index (χ4n) is 2.45. The van der Waals surface area contributed by atoms with Gasteiger partial charge < -0.3 is 15.6 Å². The second-order valence-corrected chi connectivity index (χ2v) is 4.96. The molecule has 0 saturated heterocycles. The van der Waals surface area contributed by atoms with Crippen LogP contribution in [-0.2, 0) is 0 Å². The molecule has 106 valence electrons. The van der Waals surface area contributed by atoms with Crippen molar-refractivity contribution in [2.75, 3.05) is 5.73 Å². The van der Waals surface area contributed by atoms with E-state index in [4.69, 9.17) is 5.73 Å². The number of aromatic carboxylic acids is 1. The molecule has 0 atom stereocenters. The van der Waals surface area contributed by atoms with Crippen LogP contribution in [0.1, 0.15) is 21.5 Å². The number of anilines is 1. The minimum Gasteiger partial charge on any atom is -0.545 e. The summed E-state index contributed by atoms with van der Waals surface area (Å²) in [5.41, 5.74) is 9.71. The number of carbonyl (C=O) groups excluding carboxylic acids is 1. The summed E-state index contributed by atoms with van der Waals surface area (Å²) in [6, 6.07) is 7.13. The fourth-order valence-corrected chi connectivity index (χ4v) is 2.45. The Bertz CT molecular complexity index is 873. The number of carboxylic acid groups (broad SMARTS) is 1. The third-order valence-corrected chi connectivity index (χ3v) is 3.46. The molecule has 0 aliphatic heterocycles. The first-order chi connectivity index (χ1) is 9.95. The second kappa shape index (κ2) is 5.83. The van der Waals surface area contributed by atoms with Crippen LogP contribution in [0, 0.1) is 13.8 Å². The van der Waals surface area contributed by atoms with E-state index in [1.54, 1.807) is 23.7 Å². The number of aromatic nitrogens is 3. The fraction of sp³-hybridized carbons (Fsp3) is 0.133. The second-order valence-electron chi connectivity index (χ2n) is 4.96. The van der Waals surface area contributed by atoms with Gasteiger partial charge in [-0.25, -0.2) is 4.52 Å². The summed E-state index contributed by atoms with van der Waals surface area (Å²) in [6.45, 7) is 3.69. The summed E-state index contributed by atoms with van der Waals surface area (Å²) in [4.78, 5) is 15.3. The van der Waals surface area contributed by atoms with E-state index < -0.39 is 5.97 Å². The molecule has 0 bridgehead atoms. The van der Waals surface area contributed by atoms with Crippen LogP contribution in [0.5, 0.6) is 0 Å². The largest absolute Gasteiger partial charge is 1.00 e. The van der Waals surface area contributed by atoms with Gasteiger partial charge in [-0.3, -0.25) is 0 Å². The first kappa shape index (κ1) is 16.1. The van der Waals surface area contributed by atoms with Gasteiger partial charge in [0.05, 0.1) is 5.97 Å². The monoisotopic (exact) mass is 288 g/mol. The van der Waals surface area contributed by atoms with Crippen molar-refractivity contribution in [2.45, 2.75) is 13.8 Å². The Labute approximate surface area is 139 Å². The first-order valence-electron chi connectivity index (χ1n) is 6.40. The van der Waals surface area contributed by atoms with Crippen molar-refractivity contribution in [1.82, 2.24) is 14.6 Å². The number of nitrogen functional groups attached to an aromatic ring is 1. The van der Waals surface area contributed by atoms with E-state index in [-0.39, 0.29) is 30.4 Å². The molecule has 0 amide bonds. The number of benzene rings is 1. The number of pyridine rings is 1. The van der Waals surface area contributed by atoms with E-state index in [1.807, 2.05) is 25.1 Å². The number of carboxylic acids is 1. The van der Waals surface area contributed by atoms with Gasteiger partial charge in [0.1, 0.15) is 0 Å². The van der Waals surface area contributed by atoms with Gasteiger partial charge in [-0.15, -0.1) is 5.10 Å². The molecule has 7 heteroatoms. The van der Waals surface area contributed by atoms with Crippen LogP contribution >= 0.6 is 0 Å². The van der Waals surface area contributed by atoms with Crippen LogP contribution in [0.4, 0.5) is 5.95 Å². The number of fused-ring (bicyclic) bond motifs is 1. The van der Waals surface area contributed by atoms with Gasteiger partial charge in [-0.2, -0.15) is 4.98 Å². The summed E-state index contributed by atoms with van der Waals surface area (Å²) >= 11 is 0. The summed E-state index contributed by atoms with van der Waals surface area (Å²) < 4.78 is 1.57. The molecule has 6 nitrogen and oxygen atoms in total. The van der Waals surface area contributed by atoms with Crippen molar-refractivity contribution in [1.29, 1.82) is 0 Å². The smallest absolute Gasteiger partial charge is 0.545 e. The number of nitrogens with two attached hydrogens (primary N) is 1.